The molecule has 174 valence electrons. The van der Waals surface area contributed by atoms with E-state index in [9.17, 15) is 29.7 Å². The molecule has 0 aliphatic carbocycles. The molecule has 0 radical (unpaired) electrons. The Morgan fingerprint density at radius 3 is 2.10 bits per heavy atom. The van der Waals surface area contributed by atoms with Crippen LogP contribution >= 0.6 is 0 Å². The highest BCUT2D eigenvalue weighted by Gasteiger charge is 2.48. The van der Waals surface area contributed by atoms with Crippen LogP contribution in [0.3, 0.4) is 0 Å². The number of hydrogen-bond acceptors (Lipinski definition) is 10. The van der Waals surface area contributed by atoms with Crippen molar-refractivity contribution in [2.24, 2.45) is 0 Å². The fraction of sp³-hybridized carbons (Fsp3) is 0.833. The molecule has 1 saturated heterocycles. The molecule has 0 aromatic heterocycles. The maximum atomic E-state index is 12.0. The van der Waals surface area contributed by atoms with Crippen molar-refractivity contribution < 1.29 is 39.6 Å². The Labute approximate surface area is 175 Å². The number of hydrogen-bond donors (Lipinski definition) is 7. The number of aliphatic hydroxyl groups is 4. The van der Waals surface area contributed by atoms with Crippen molar-refractivity contribution in [3.63, 3.8) is 0 Å². The van der Waals surface area contributed by atoms with E-state index in [0.717, 1.165) is 0 Å². The number of carbonyl (C=O) groups is 3. The minimum atomic E-state index is -1.95. The number of nitrogens with one attached hydrogen (secondary N) is 3. The summed E-state index contributed by atoms with van der Waals surface area (Å²) in [6, 6.07) is -0.888. The van der Waals surface area contributed by atoms with Crippen molar-refractivity contribution in [2.45, 2.75) is 82.9 Å². The van der Waals surface area contributed by atoms with E-state index in [1.54, 1.807) is 5.06 Å². The zero-order chi connectivity index (χ0) is 23.3. The van der Waals surface area contributed by atoms with Gasteiger partial charge in [-0.2, -0.15) is 0 Å². The lowest BCUT2D eigenvalue weighted by Crippen LogP contribution is -2.65. The van der Waals surface area contributed by atoms with Crippen LogP contribution in [-0.2, 0) is 14.4 Å². The largest absolute Gasteiger partial charge is 0.394 e. The Bertz CT molecular complexity index is 609. The number of hydroxylamine groups is 2. The van der Waals surface area contributed by atoms with Crippen LogP contribution in [-0.4, -0.2) is 91.9 Å². The molecular weight excluding hydrogens is 400 g/mol. The second-order valence-corrected chi connectivity index (χ2v) is 8.71. The van der Waals surface area contributed by atoms with Gasteiger partial charge >= 0.3 is 12.0 Å². The van der Waals surface area contributed by atoms with E-state index in [1.165, 1.54) is 6.92 Å². The fourth-order valence-corrected chi connectivity index (χ4v) is 3.73. The van der Waals surface area contributed by atoms with Gasteiger partial charge in [0.25, 0.3) is 0 Å². The average Bonchev–Trinajstić information content (AvgIpc) is 2.64. The monoisotopic (exact) mass is 434 g/mol. The van der Waals surface area contributed by atoms with Crippen molar-refractivity contribution >= 4 is 17.8 Å². The fourth-order valence-electron chi connectivity index (χ4n) is 3.73. The minimum Gasteiger partial charge on any atom is -0.394 e. The molecule has 0 aromatic rings. The Hall–Kier alpha value is -1.83. The first-order valence-corrected chi connectivity index (χ1v) is 9.67. The molecule has 0 bridgehead atoms. The lowest BCUT2D eigenvalue weighted by atomic mass is 9.79. The highest BCUT2D eigenvalue weighted by atomic mass is 16.7. The molecule has 3 unspecified atom stereocenters. The lowest BCUT2D eigenvalue weighted by molar-refractivity contribution is -0.267. The summed E-state index contributed by atoms with van der Waals surface area (Å²) in [7, 11) is 0. The quantitative estimate of drug-likeness (QED) is 0.199. The van der Waals surface area contributed by atoms with Crippen LogP contribution in [0.4, 0.5) is 4.79 Å². The van der Waals surface area contributed by atoms with E-state index in [1.807, 2.05) is 27.7 Å². The Kier molecular flexibility index (Phi) is 9.14. The van der Waals surface area contributed by atoms with E-state index in [2.05, 4.69) is 16.2 Å². The summed E-state index contributed by atoms with van der Waals surface area (Å²) in [5.41, 5.74) is 4.30. The van der Waals surface area contributed by atoms with Crippen LogP contribution in [0.5, 0.6) is 0 Å². The first kappa shape index (κ1) is 26.2. The first-order valence-electron chi connectivity index (χ1n) is 9.67. The molecule has 1 heterocycles. The highest BCUT2D eigenvalue weighted by Crippen LogP contribution is 2.38. The predicted octanol–water partition coefficient (Wildman–Crippen LogP) is -2.07. The number of carbonyl (C=O) groups excluding carboxylic acids is 3. The van der Waals surface area contributed by atoms with E-state index < -0.39 is 60.3 Å². The first-order chi connectivity index (χ1) is 13.7. The number of ketones is 1. The molecular formula is C18H34N4O8. The maximum Gasteiger partial charge on any atom is 0.329 e. The molecule has 7 N–H and O–H groups in total. The number of Topliss-reactive ketones (excluding diaryl/α,β-unsaturated/α-hetero) is 1. The van der Waals surface area contributed by atoms with Gasteiger partial charge in [-0.3, -0.25) is 15.0 Å². The van der Waals surface area contributed by atoms with Crippen LogP contribution < -0.4 is 16.2 Å². The summed E-state index contributed by atoms with van der Waals surface area (Å²) in [4.78, 5) is 40.6. The van der Waals surface area contributed by atoms with E-state index in [0.29, 0.717) is 12.8 Å². The van der Waals surface area contributed by atoms with E-state index in [-0.39, 0.29) is 6.04 Å². The van der Waals surface area contributed by atoms with Crippen LogP contribution in [0.1, 0.15) is 47.5 Å². The molecule has 1 aliphatic rings. The lowest BCUT2D eigenvalue weighted by Gasteiger charge is -2.52. The number of nitrogens with zero attached hydrogens (tertiary/aromatic N) is 1. The van der Waals surface area contributed by atoms with Crippen molar-refractivity contribution in [1.29, 1.82) is 0 Å². The molecule has 3 atom stereocenters. The number of amides is 2. The van der Waals surface area contributed by atoms with Gasteiger partial charge in [-0.15, -0.1) is 5.06 Å². The van der Waals surface area contributed by atoms with Crippen LogP contribution in [0.25, 0.3) is 0 Å². The zero-order valence-corrected chi connectivity index (χ0v) is 18.0. The van der Waals surface area contributed by atoms with Crippen molar-refractivity contribution in [2.75, 3.05) is 13.2 Å². The Balaban J connectivity index is 2.54. The Morgan fingerprint density at radius 1 is 1.10 bits per heavy atom. The second kappa shape index (κ2) is 10.5. The van der Waals surface area contributed by atoms with Crippen LogP contribution in [0.15, 0.2) is 0 Å². The summed E-state index contributed by atoms with van der Waals surface area (Å²) < 4.78 is 0. The van der Waals surface area contributed by atoms with Gasteiger partial charge in [-0.1, -0.05) is 0 Å². The number of rotatable bonds is 9. The van der Waals surface area contributed by atoms with Crippen LogP contribution in [0.2, 0.25) is 0 Å². The van der Waals surface area contributed by atoms with Gasteiger partial charge in [-0.25, -0.2) is 10.2 Å². The smallest absolute Gasteiger partial charge is 0.329 e. The molecule has 12 nitrogen and oxygen atoms in total. The minimum absolute atomic E-state index is 0.157. The van der Waals surface area contributed by atoms with Crippen molar-refractivity contribution in [3.8, 4) is 0 Å². The SMILES string of the molecule is CC(=O)ON1C(C)(C)CC(NNC(=O)NCC(=O)C(O)C(O)C(O)CO)CC1(C)C. The summed E-state index contributed by atoms with van der Waals surface area (Å²) in [6.45, 7) is 7.58. The van der Waals surface area contributed by atoms with Gasteiger partial charge in [0.1, 0.15) is 18.3 Å². The molecule has 0 spiro atoms. The van der Waals surface area contributed by atoms with Crippen molar-refractivity contribution in [1.82, 2.24) is 21.2 Å². The van der Waals surface area contributed by atoms with Gasteiger partial charge in [0, 0.05) is 13.0 Å². The number of hydrazine groups is 1. The van der Waals surface area contributed by atoms with Crippen molar-refractivity contribution in [3.05, 3.63) is 0 Å². The molecule has 0 aromatic carbocycles. The number of piperidine rings is 1. The third-order valence-corrected chi connectivity index (χ3v) is 4.86. The molecule has 2 amide bonds. The summed E-state index contributed by atoms with van der Waals surface area (Å²) in [6.07, 6.45) is -4.39. The second-order valence-electron chi connectivity index (χ2n) is 8.71. The number of urea groups is 1. The molecule has 12 heteroatoms. The van der Waals surface area contributed by atoms with E-state index in [4.69, 9.17) is 9.94 Å². The Morgan fingerprint density at radius 2 is 1.63 bits per heavy atom. The average molecular weight is 434 g/mol. The normalized spacial score (nSPS) is 21.9. The summed E-state index contributed by atoms with van der Waals surface area (Å²) in [5, 5.41) is 41.0. The standard InChI is InChI=1S/C18H34N4O8/c1-10(24)30-22-17(2,3)6-11(7-18(22,4)5)20-21-16(29)19-8-12(25)14(27)15(28)13(26)9-23/h11,13-15,20,23,26-28H,6-9H2,1-5H3,(H2,19,21,29). The molecule has 1 fully saturated rings. The highest BCUT2D eigenvalue weighted by molar-refractivity contribution is 5.88. The van der Waals surface area contributed by atoms with Gasteiger partial charge in [0.15, 0.2) is 5.78 Å². The zero-order valence-electron chi connectivity index (χ0n) is 18.0. The number of aliphatic hydroxyl groups excluding tert-OH is 4. The summed E-state index contributed by atoms with van der Waals surface area (Å²) in [5.74, 6) is -1.34. The molecule has 1 rings (SSSR count). The summed E-state index contributed by atoms with van der Waals surface area (Å²) >= 11 is 0. The predicted molar refractivity (Wildman–Crippen MR) is 105 cm³/mol. The van der Waals surface area contributed by atoms with Gasteiger partial charge < -0.3 is 30.6 Å². The van der Waals surface area contributed by atoms with Gasteiger partial charge in [-0.05, 0) is 40.5 Å². The third kappa shape index (κ3) is 7.15. The third-order valence-electron chi connectivity index (χ3n) is 4.86. The molecule has 0 saturated carbocycles. The maximum absolute atomic E-state index is 12.0. The van der Waals surface area contributed by atoms with E-state index >= 15 is 0 Å². The molecule has 30 heavy (non-hydrogen) atoms. The van der Waals surface area contributed by atoms with Gasteiger partial charge in [0.2, 0.25) is 0 Å². The van der Waals surface area contributed by atoms with Crippen LogP contribution in [0, 0.1) is 0 Å². The molecule has 1 aliphatic heterocycles. The van der Waals surface area contributed by atoms with Gasteiger partial charge in [0.05, 0.1) is 24.2 Å². The topological polar surface area (TPSA) is 181 Å².